The molecule has 1 aromatic rings. The van der Waals surface area contributed by atoms with Crippen molar-refractivity contribution < 1.29 is 14.5 Å². The number of hydrogen-bond acceptors (Lipinski definition) is 4. The molecule has 0 radical (unpaired) electrons. The van der Waals surface area contributed by atoms with Crippen molar-refractivity contribution in [2.75, 3.05) is 5.32 Å². The van der Waals surface area contributed by atoms with E-state index in [2.05, 4.69) is 5.32 Å². The Balaban J connectivity index is 2.56. The van der Waals surface area contributed by atoms with Crippen LogP contribution in [0.1, 0.15) is 13.8 Å². The maximum atomic E-state index is 11.6. The molecule has 0 unspecified atom stereocenters. The highest BCUT2D eigenvalue weighted by Crippen LogP contribution is 2.41. The Morgan fingerprint density at radius 1 is 1.47 bits per heavy atom. The minimum atomic E-state index is -1.08. The molecule has 1 aliphatic heterocycles. The molecule has 0 bridgehead atoms. The summed E-state index contributed by atoms with van der Waals surface area (Å²) in [4.78, 5) is 21.7. The maximum absolute atomic E-state index is 11.6. The number of fused-ring (bicyclic) bond motifs is 1. The smallest absolute Gasteiger partial charge is 0.274 e. The van der Waals surface area contributed by atoms with Crippen molar-refractivity contribution in [1.82, 2.24) is 0 Å². The molecule has 0 saturated heterocycles. The third kappa shape index (κ3) is 1.91. The van der Waals surface area contributed by atoms with Gasteiger partial charge >= 0.3 is 0 Å². The number of carbonyl (C=O) groups excluding carboxylic acids is 1. The summed E-state index contributed by atoms with van der Waals surface area (Å²) in [5, 5.41) is 13.3. The number of carbonyl (C=O) groups is 1. The van der Waals surface area contributed by atoms with Gasteiger partial charge in [0.15, 0.2) is 11.4 Å². The predicted octanol–water partition coefficient (Wildman–Crippen LogP) is 2.36. The number of hydrogen-bond donors (Lipinski definition) is 1. The quantitative estimate of drug-likeness (QED) is 0.618. The first-order chi connectivity index (χ1) is 7.81. The van der Waals surface area contributed by atoms with E-state index in [1.165, 1.54) is 12.1 Å². The second-order valence-electron chi connectivity index (χ2n) is 4.12. The van der Waals surface area contributed by atoms with Crippen LogP contribution in [0.25, 0.3) is 0 Å². The first-order valence-electron chi connectivity index (χ1n) is 4.79. The van der Waals surface area contributed by atoms with Gasteiger partial charge in [-0.15, -0.1) is 0 Å². The van der Waals surface area contributed by atoms with Crippen molar-refractivity contribution in [3.63, 3.8) is 0 Å². The highest BCUT2D eigenvalue weighted by Gasteiger charge is 2.37. The molecule has 2 rings (SSSR count). The molecule has 1 amide bonds. The Kier molecular flexibility index (Phi) is 2.46. The fraction of sp³-hybridized carbons (Fsp3) is 0.300. The molecule has 0 atom stereocenters. The lowest BCUT2D eigenvalue weighted by Crippen LogP contribution is -2.45. The third-order valence-corrected chi connectivity index (χ3v) is 2.70. The van der Waals surface area contributed by atoms with Crippen LogP contribution < -0.4 is 10.1 Å². The standard InChI is InChI=1S/C10H9ClN2O4/c1-10(2)9(14)12-8-6(11)3-5(13(15)16)4-7(8)17-10/h3-4H,1-2H3,(H,12,14). The first kappa shape index (κ1) is 11.7. The van der Waals surface area contributed by atoms with Crippen molar-refractivity contribution in [2.24, 2.45) is 0 Å². The van der Waals surface area contributed by atoms with Gasteiger partial charge in [0.25, 0.3) is 11.6 Å². The van der Waals surface area contributed by atoms with Crippen molar-refractivity contribution in [3.8, 4) is 5.75 Å². The molecule has 0 aromatic heterocycles. The Labute approximate surface area is 102 Å². The van der Waals surface area contributed by atoms with Gasteiger partial charge < -0.3 is 10.1 Å². The molecule has 0 saturated carbocycles. The second-order valence-corrected chi connectivity index (χ2v) is 4.53. The second kappa shape index (κ2) is 3.59. The molecule has 0 aliphatic carbocycles. The summed E-state index contributed by atoms with van der Waals surface area (Å²) in [6.45, 7) is 3.13. The monoisotopic (exact) mass is 256 g/mol. The molecule has 17 heavy (non-hydrogen) atoms. The average molecular weight is 257 g/mol. The van der Waals surface area contributed by atoms with E-state index < -0.39 is 10.5 Å². The fourth-order valence-corrected chi connectivity index (χ4v) is 1.71. The number of amides is 1. The van der Waals surface area contributed by atoms with E-state index in [1.54, 1.807) is 13.8 Å². The molecule has 6 nitrogen and oxygen atoms in total. The number of rotatable bonds is 1. The molecule has 7 heteroatoms. The van der Waals surface area contributed by atoms with E-state index in [1.807, 2.05) is 0 Å². The molecule has 0 fully saturated rings. The lowest BCUT2D eigenvalue weighted by Gasteiger charge is -2.31. The van der Waals surface area contributed by atoms with Crippen LogP contribution in [-0.4, -0.2) is 16.4 Å². The summed E-state index contributed by atoms with van der Waals surface area (Å²) >= 11 is 5.85. The number of anilines is 1. The lowest BCUT2D eigenvalue weighted by molar-refractivity contribution is -0.384. The van der Waals surface area contributed by atoms with Gasteiger partial charge in [0.2, 0.25) is 0 Å². The average Bonchev–Trinajstić information content (AvgIpc) is 2.20. The Morgan fingerprint density at radius 2 is 2.12 bits per heavy atom. The van der Waals surface area contributed by atoms with Gasteiger partial charge in [-0.3, -0.25) is 14.9 Å². The van der Waals surface area contributed by atoms with Crippen molar-refractivity contribution in [2.45, 2.75) is 19.4 Å². The number of halogens is 1. The summed E-state index contributed by atoms with van der Waals surface area (Å²) < 4.78 is 5.40. The Morgan fingerprint density at radius 3 is 2.71 bits per heavy atom. The molecule has 1 N–H and O–H groups in total. The molecule has 90 valence electrons. The summed E-state index contributed by atoms with van der Waals surface area (Å²) in [5.41, 5.74) is -0.992. The van der Waals surface area contributed by atoms with E-state index in [0.717, 1.165) is 0 Å². The van der Waals surface area contributed by atoms with Gasteiger partial charge in [-0.25, -0.2) is 0 Å². The van der Waals surface area contributed by atoms with Crippen LogP contribution >= 0.6 is 11.6 Å². The van der Waals surface area contributed by atoms with Crippen LogP contribution in [0, 0.1) is 10.1 Å². The van der Waals surface area contributed by atoms with Gasteiger partial charge in [-0.1, -0.05) is 11.6 Å². The molecule has 1 aliphatic rings. The van der Waals surface area contributed by atoms with Gasteiger partial charge in [0.05, 0.1) is 16.0 Å². The third-order valence-electron chi connectivity index (χ3n) is 2.40. The SMILES string of the molecule is CC1(C)Oc2cc([N+](=O)[O-])cc(Cl)c2NC1=O. The maximum Gasteiger partial charge on any atom is 0.274 e. The fourth-order valence-electron chi connectivity index (χ4n) is 1.46. The van der Waals surface area contributed by atoms with Crippen LogP contribution in [0.2, 0.25) is 5.02 Å². The van der Waals surface area contributed by atoms with Crippen molar-refractivity contribution in [3.05, 3.63) is 27.3 Å². The highest BCUT2D eigenvalue weighted by atomic mass is 35.5. The summed E-state index contributed by atoms with van der Waals surface area (Å²) in [7, 11) is 0. The van der Waals surface area contributed by atoms with Crippen LogP contribution in [0.3, 0.4) is 0 Å². The molecule has 1 aromatic carbocycles. The number of nitrogens with one attached hydrogen (secondary N) is 1. The Bertz CT molecular complexity index is 527. The molecular weight excluding hydrogens is 248 g/mol. The minimum absolute atomic E-state index is 0.0815. The Hall–Kier alpha value is -1.82. The van der Waals surface area contributed by atoms with Gasteiger partial charge in [0, 0.05) is 6.07 Å². The predicted molar refractivity (Wildman–Crippen MR) is 61.4 cm³/mol. The number of nitrogens with zero attached hydrogens (tertiary/aromatic N) is 1. The summed E-state index contributed by atoms with van der Waals surface area (Å²) in [5.74, 6) is -0.144. The van der Waals surface area contributed by atoms with Crippen LogP contribution in [0.5, 0.6) is 5.75 Å². The number of ether oxygens (including phenoxy) is 1. The molecule has 0 spiro atoms. The van der Waals surface area contributed by atoms with E-state index in [0.29, 0.717) is 0 Å². The zero-order valence-corrected chi connectivity index (χ0v) is 9.87. The number of nitro benzene ring substituents is 1. The lowest BCUT2D eigenvalue weighted by atomic mass is 10.1. The zero-order valence-electron chi connectivity index (χ0n) is 9.11. The topological polar surface area (TPSA) is 81.5 Å². The number of non-ortho nitro benzene ring substituents is 1. The molecule has 1 heterocycles. The van der Waals surface area contributed by atoms with E-state index in [4.69, 9.17) is 16.3 Å². The van der Waals surface area contributed by atoms with Gasteiger partial charge in [0.1, 0.15) is 5.69 Å². The van der Waals surface area contributed by atoms with Crippen LogP contribution in [0.15, 0.2) is 12.1 Å². The first-order valence-corrected chi connectivity index (χ1v) is 5.17. The van der Waals surface area contributed by atoms with Crippen LogP contribution in [-0.2, 0) is 4.79 Å². The van der Waals surface area contributed by atoms with Crippen molar-refractivity contribution >= 4 is 28.9 Å². The van der Waals surface area contributed by atoms with E-state index in [-0.39, 0.29) is 28.1 Å². The van der Waals surface area contributed by atoms with Crippen molar-refractivity contribution in [1.29, 1.82) is 0 Å². The zero-order chi connectivity index (χ0) is 12.8. The largest absolute Gasteiger partial charge is 0.476 e. The summed E-state index contributed by atoms with van der Waals surface area (Å²) in [6, 6.07) is 2.41. The van der Waals surface area contributed by atoms with E-state index >= 15 is 0 Å². The van der Waals surface area contributed by atoms with E-state index in [9.17, 15) is 14.9 Å². The number of nitro groups is 1. The van der Waals surface area contributed by atoms with Gasteiger partial charge in [-0.2, -0.15) is 0 Å². The normalized spacial score (nSPS) is 16.8. The minimum Gasteiger partial charge on any atom is -0.476 e. The molecular formula is C10H9ClN2O4. The number of benzene rings is 1. The van der Waals surface area contributed by atoms with Gasteiger partial charge in [-0.05, 0) is 13.8 Å². The highest BCUT2D eigenvalue weighted by molar-refractivity contribution is 6.34. The van der Waals surface area contributed by atoms with Crippen LogP contribution in [0.4, 0.5) is 11.4 Å². The summed E-state index contributed by atoms with van der Waals surface area (Å²) in [6.07, 6.45) is 0.